The number of hydrogen-bond donors (Lipinski definition) is 0. The van der Waals surface area contributed by atoms with Crippen LogP contribution in [0.3, 0.4) is 0 Å². The SMILES string of the molecule is COc1cccc(CC(c2cn(C(=O)OC(C)(C)C)cn2)c2cccc(C)c2F)n1. The molecule has 0 fully saturated rings. The molecule has 0 saturated heterocycles. The highest BCUT2D eigenvalue weighted by Gasteiger charge is 2.25. The van der Waals surface area contributed by atoms with Crippen LogP contribution < -0.4 is 4.74 Å². The molecule has 7 heteroatoms. The molecule has 2 heterocycles. The molecular weight excluding hydrogens is 385 g/mol. The summed E-state index contributed by atoms with van der Waals surface area (Å²) in [6, 6.07) is 10.7. The van der Waals surface area contributed by atoms with E-state index in [1.165, 1.54) is 10.9 Å². The maximum atomic E-state index is 15.0. The van der Waals surface area contributed by atoms with Gasteiger partial charge in [0, 0.05) is 30.3 Å². The van der Waals surface area contributed by atoms with Crippen LogP contribution in [0.2, 0.25) is 0 Å². The zero-order valence-corrected chi connectivity index (χ0v) is 17.8. The molecule has 0 aliphatic carbocycles. The van der Waals surface area contributed by atoms with E-state index in [1.807, 2.05) is 18.2 Å². The van der Waals surface area contributed by atoms with E-state index in [9.17, 15) is 4.79 Å². The molecule has 1 atom stereocenters. The minimum absolute atomic E-state index is 0.294. The van der Waals surface area contributed by atoms with Crippen molar-refractivity contribution in [2.24, 2.45) is 0 Å². The van der Waals surface area contributed by atoms with E-state index < -0.39 is 17.6 Å². The number of methoxy groups -OCH3 is 1. The van der Waals surface area contributed by atoms with Crippen LogP contribution in [-0.4, -0.2) is 33.3 Å². The maximum absolute atomic E-state index is 15.0. The predicted molar refractivity (Wildman–Crippen MR) is 111 cm³/mol. The Kier molecular flexibility index (Phi) is 6.20. The molecule has 158 valence electrons. The first kappa shape index (κ1) is 21.5. The zero-order chi connectivity index (χ0) is 21.9. The number of ether oxygens (including phenoxy) is 2. The second-order valence-corrected chi connectivity index (χ2v) is 8.09. The van der Waals surface area contributed by atoms with Crippen molar-refractivity contribution in [3.05, 3.63) is 77.3 Å². The Morgan fingerprint density at radius 2 is 1.93 bits per heavy atom. The smallest absolute Gasteiger partial charge is 0.419 e. The largest absolute Gasteiger partial charge is 0.481 e. The first-order chi connectivity index (χ1) is 14.2. The average molecular weight is 411 g/mol. The number of aromatic nitrogens is 3. The maximum Gasteiger partial charge on any atom is 0.419 e. The number of pyridine rings is 1. The van der Waals surface area contributed by atoms with Gasteiger partial charge < -0.3 is 9.47 Å². The second kappa shape index (κ2) is 8.65. The van der Waals surface area contributed by atoms with Crippen molar-refractivity contribution < 1.29 is 18.7 Å². The molecule has 0 spiro atoms. The Bertz CT molecular complexity index is 1040. The van der Waals surface area contributed by atoms with Crippen molar-refractivity contribution in [2.75, 3.05) is 7.11 Å². The monoisotopic (exact) mass is 411 g/mol. The minimum Gasteiger partial charge on any atom is -0.481 e. The Balaban J connectivity index is 2.00. The fraction of sp³-hybridized carbons (Fsp3) is 0.348. The summed E-state index contributed by atoms with van der Waals surface area (Å²) < 4.78 is 26.9. The van der Waals surface area contributed by atoms with E-state index in [2.05, 4.69) is 9.97 Å². The molecule has 0 aliphatic rings. The number of hydrogen-bond acceptors (Lipinski definition) is 5. The summed E-state index contributed by atoms with van der Waals surface area (Å²) in [5.41, 5.74) is 1.69. The van der Waals surface area contributed by atoms with Crippen LogP contribution >= 0.6 is 0 Å². The number of rotatable bonds is 5. The first-order valence-electron chi connectivity index (χ1n) is 9.70. The van der Waals surface area contributed by atoms with Crippen LogP contribution in [0.1, 0.15) is 49.2 Å². The van der Waals surface area contributed by atoms with Gasteiger partial charge in [-0.25, -0.2) is 23.7 Å². The fourth-order valence-corrected chi connectivity index (χ4v) is 3.14. The third-order valence-electron chi connectivity index (χ3n) is 4.56. The molecule has 0 radical (unpaired) electrons. The van der Waals surface area contributed by atoms with Gasteiger partial charge in [-0.05, 0) is 44.9 Å². The molecular formula is C23H26FN3O3. The summed E-state index contributed by atoms with van der Waals surface area (Å²) in [6.07, 6.45) is 2.83. The van der Waals surface area contributed by atoms with Gasteiger partial charge in [-0.15, -0.1) is 0 Å². The van der Waals surface area contributed by atoms with E-state index in [0.717, 1.165) is 5.69 Å². The van der Waals surface area contributed by atoms with Crippen molar-refractivity contribution in [1.29, 1.82) is 0 Å². The molecule has 0 saturated carbocycles. The molecule has 2 aromatic heterocycles. The molecule has 1 unspecified atom stereocenters. The van der Waals surface area contributed by atoms with Crippen molar-refractivity contribution >= 4 is 6.09 Å². The van der Waals surface area contributed by atoms with Gasteiger partial charge in [0.15, 0.2) is 0 Å². The average Bonchev–Trinajstić information content (AvgIpc) is 3.18. The predicted octanol–water partition coefficient (Wildman–Crippen LogP) is 4.89. The normalized spacial score (nSPS) is 12.5. The molecule has 0 aliphatic heterocycles. The molecule has 3 aromatic rings. The third-order valence-corrected chi connectivity index (χ3v) is 4.56. The summed E-state index contributed by atoms with van der Waals surface area (Å²) in [6.45, 7) is 7.10. The van der Waals surface area contributed by atoms with Crippen LogP contribution in [0.15, 0.2) is 48.9 Å². The van der Waals surface area contributed by atoms with E-state index in [0.29, 0.717) is 29.1 Å². The van der Waals surface area contributed by atoms with Crippen molar-refractivity contribution in [3.63, 3.8) is 0 Å². The lowest BCUT2D eigenvalue weighted by atomic mass is 9.90. The van der Waals surface area contributed by atoms with Crippen LogP contribution in [0.4, 0.5) is 9.18 Å². The summed E-state index contributed by atoms with van der Waals surface area (Å²) in [7, 11) is 1.55. The Labute approximate surface area is 175 Å². The second-order valence-electron chi connectivity index (χ2n) is 8.09. The molecule has 30 heavy (non-hydrogen) atoms. The van der Waals surface area contributed by atoms with Crippen LogP contribution in [0, 0.1) is 12.7 Å². The molecule has 3 rings (SSSR count). The van der Waals surface area contributed by atoms with Crippen molar-refractivity contribution in [2.45, 2.75) is 45.6 Å². The zero-order valence-electron chi connectivity index (χ0n) is 17.8. The lowest BCUT2D eigenvalue weighted by Crippen LogP contribution is -2.26. The van der Waals surface area contributed by atoms with Crippen molar-refractivity contribution in [3.8, 4) is 5.88 Å². The lowest BCUT2D eigenvalue weighted by molar-refractivity contribution is 0.0536. The van der Waals surface area contributed by atoms with Gasteiger partial charge >= 0.3 is 6.09 Å². The Hall–Kier alpha value is -3.22. The molecule has 0 bridgehead atoms. The highest BCUT2D eigenvalue weighted by atomic mass is 19.1. The number of nitrogens with zero attached hydrogens (tertiary/aromatic N) is 3. The molecule has 1 aromatic carbocycles. The molecule has 0 N–H and O–H groups in total. The third kappa shape index (κ3) is 5.03. The van der Waals surface area contributed by atoms with Gasteiger partial charge in [0.25, 0.3) is 0 Å². The Morgan fingerprint density at radius 3 is 2.63 bits per heavy atom. The molecule has 0 amide bonds. The summed E-state index contributed by atoms with van der Waals surface area (Å²) in [5, 5.41) is 0. The number of imidazole rings is 1. The highest BCUT2D eigenvalue weighted by molar-refractivity contribution is 5.70. The van der Waals surface area contributed by atoms with E-state index in [-0.39, 0.29) is 5.82 Å². The van der Waals surface area contributed by atoms with Gasteiger partial charge in [0.2, 0.25) is 5.88 Å². The van der Waals surface area contributed by atoms with E-state index in [1.54, 1.807) is 59.2 Å². The molecule has 6 nitrogen and oxygen atoms in total. The summed E-state index contributed by atoms with van der Waals surface area (Å²) in [5.74, 6) is -0.249. The number of carbonyl (C=O) groups is 1. The quantitative estimate of drug-likeness (QED) is 0.598. The summed E-state index contributed by atoms with van der Waals surface area (Å²) in [4.78, 5) is 21.2. The van der Waals surface area contributed by atoms with Crippen LogP contribution in [0.25, 0.3) is 0 Å². The topological polar surface area (TPSA) is 66.2 Å². The van der Waals surface area contributed by atoms with Gasteiger partial charge in [-0.2, -0.15) is 0 Å². The summed E-state index contributed by atoms with van der Waals surface area (Å²) >= 11 is 0. The number of carbonyl (C=O) groups excluding carboxylic acids is 1. The van der Waals surface area contributed by atoms with Crippen LogP contribution in [0.5, 0.6) is 5.88 Å². The highest BCUT2D eigenvalue weighted by Crippen LogP contribution is 2.30. The van der Waals surface area contributed by atoms with E-state index >= 15 is 4.39 Å². The van der Waals surface area contributed by atoms with Crippen molar-refractivity contribution in [1.82, 2.24) is 14.5 Å². The van der Waals surface area contributed by atoms with Crippen LogP contribution in [-0.2, 0) is 11.2 Å². The van der Waals surface area contributed by atoms with Gasteiger partial charge in [0.1, 0.15) is 17.7 Å². The van der Waals surface area contributed by atoms with E-state index in [4.69, 9.17) is 9.47 Å². The lowest BCUT2D eigenvalue weighted by Gasteiger charge is -2.19. The standard InChI is InChI=1S/C23H26FN3O3/c1-15-8-6-10-17(21(15)24)18(12-16-9-7-11-20(26-16)29-5)19-13-27(14-25-19)22(28)30-23(2,3)4/h6-11,13-14,18H,12H2,1-5H3. The fourth-order valence-electron chi connectivity index (χ4n) is 3.14. The number of aryl methyl sites for hydroxylation is 1. The van der Waals surface area contributed by atoms with Gasteiger partial charge in [-0.1, -0.05) is 24.3 Å². The van der Waals surface area contributed by atoms with Gasteiger partial charge in [0.05, 0.1) is 12.8 Å². The Morgan fingerprint density at radius 1 is 1.20 bits per heavy atom. The first-order valence-corrected chi connectivity index (χ1v) is 9.70. The number of benzene rings is 1. The number of halogens is 1. The minimum atomic E-state index is -0.631. The van der Waals surface area contributed by atoms with Gasteiger partial charge in [-0.3, -0.25) is 0 Å².